The fourth-order valence-electron chi connectivity index (χ4n) is 4.48. The van der Waals surface area contributed by atoms with E-state index < -0.39 is 0 Å². The zero-order valence-electron chi connectivity index (χ0n) is 21.5. The van der Waals surface area contributed by atoms with Crippen molar-refractivity contribution in [2.45, 2.75) is 45.8 Å². The van der Waals surface area contributed by atoms with E-state index in [1.165, 1.54) is 11.8 Å². The SMILES string of the molecule is CCCCOc1ccc(-c2nn(-c3ccccc3)cc2/C=C2\SC(N3C[C@@H](C)O[C@H](C)C3)=NC2=O)cc1. The van der Waals surface area contributed by atoms with Gasteiger partial charge in [0, 0.05) is 30.4 Å². The molecule has 37 heavy (non-hydrogen) atoms. The monoisotopic (exact) mass is 516 g/mol. The van der Waals surface area contributed by atoms with Crippen LogP contribution in [-0.2, 0) is 9.53 Å². The number of carbonyl (C=O) groups excluding carboxylic acids is 1. The lowest BCUT2D eigenvalue weighted by atomic mass is 10.1. The van der Waals surface area contributed by atoms with Gasteiger partial charge in [0.05, 0.1) is 35.1 Å². The molecule has 7 nitrogen and oxygen atoms in total. The predicted octanol–water partition coefficient (Wildman–Crippen LogP) is 5.80. The molecule has 0 spiro atoms. The van der Waals surface area contributed by atoms with Crippen LogP contribution in [0, 0.1) is 0 Å². The Hall–Kier alpha value is -3.36. The van der Waals surface area contributed by atoms with E-state index in [0.717, 1.165) is 59.4 Å². The van der Waals surface area contributed by atoms with E-state index in [-0.39, 0.29) is 18.1 Å². The average Bonchev–Trinajstić information content (AvgIpc) is 3.48. The van der Waals surface area contributed by atoms with Gasteiger partial charge in [0.1, 0.15) is 5.75 Å². The van der Waals surface area contributed by atoms with Crippen LogP contribution < -0.4 is 4.74 Å². The number of hydrogen-bond donors (Lipinski definition) is 0. The van der Waals surface area contributed by atoms with Gasteiger partial charge in [-0.25, -0.2) is 4.68 Å². The van der Waals surface area contributed by atoms with Gasteiger partial charge in [-0.05, 0) is 74.5 Å². The number of aliphatic imine (C=N–C) groups is 1. The molecule has 2 aliphatic rings. The van der Waals surface area contributed by atoms with E-state index in [9.17, 15) is 4.79 Å². The minimum atomic E-state index is -0.218. The number of amides is 1. The van der Waals surface area contributed by atoms with Crippen LogP contribution >= 0.6 is 11.8 Å². The summed E-state index contributed by atoms with van der Waals surface area (Å²) in [5, 5.41) is 5.64. The average molecular weight is 517 g/mol. The summed E-state index contributed by atoms with van der Waals surface area (Å²) >= 11 is 1.42. The molecule has 1 aromatic heterocycles. The lowest BCUT2D eigenvalue weighted by Gasteiger charge is -2.35. The number of thioether (sulfide) groups is 1. The molecule has 2 atom stereocenters. The largest absolute Gasteiger partial charge is 0.494 e. The molecule has 1 saturated heterocycles. The minimum Gasteiger partial charge on any atom is -0.494 e. The van der Waals surface area contributed by atoms with Crippen molar-refractivity contribution in [3.63, 3.8) is 0 Å². The number of aromatic nitrogens is 2. The van der Waals surface area contributed by atoms with Crippen LogP contribution in [0.5, 0.6) is 5.75 Å². The Morgan fingerprint density at radius 3 is 2.51 bits per heavy atom. The van der Waals surface area contributed by atoms with E-state index in [0.29, 0.717) is 11.5 Å². The van der Waals surface area contributed by atoms with Crippen LogP contribution in [0.25, 0.3) is 23.0 Å². The number of para-hydroxylation sites is 1. The number of carbonyl (C=O) groups is 1. The smallest absolute Gasteiger partial charge is 0.286 e. The highest BCUT2D eigenvalue weighted by atomic mass is 32.2. The number of amidine groups is 1. The van der Waals surface area contributed by atoms with Crippen LogP contribution in [0.4, 0.5) is 0 Å². The summed E-state index contributed by atoms with van der Waals surface area (Å²) in [6.07, 6.45) is 6.19. The first-order valence-corrected chi connectivity index (χ1v) is 13.6. The van der Waals surface area contributed by atoms with Gasteiger partial charge in [0.25, 0.3) is 5.91 Å². The molecule has 5 rings (SSSR count). The number of unbranched alkanes of at least 4 members (excludes halogenated alkanes) is 1. The molecule has 192 valence electrons. The van der Waals surface area contributed by atoms with Crippen molar-refractivity contribution in [3.8, 4) is 22.7 Å². The van der Waals surface area contributed by atoms with Crippen LogP contribution in [0.1, 0.15) is 39.2 Å². The maximum Gasteiger partial charge on any atom is 0.286 e. The molecule has 2 aromatic carbocycles. The summed E-state index contributed by atoms with van der Waals surface area (Å²) in [5.41, 5.74) is 3.56. The zero-order chi connectivity index (χ0) is 25.8. The van der Waals surface area contributed by atoms with E-state index in [4.69, 9.17) is 14.6 Å². The number of nitrogens with zero attached hydrogens (tertiary/aromatic N) is 4. The Morgan fingerprint density at radius 2 is 1.81 bits per heavy atom. The molecule has 0 aliphatic carbocycles. The van der Waals surface area contributed by atoms with Crippen LogP contribution in [0.15, 0.2) is 70.7 Å². The highest BCUT2D eigenvalue weighted by molar-refractivity contribution is 8.18. The van der Waals surface area contributed by atoms with E-state index in [2.05, 4.69) is 16.8 Å². The van der Waals surface area contributed by atoms with Crippen molar-refractivity contribution in [3.05, 3.63) is 71.3 Å². The molecule has 3 aromatic rings. The lowest BCUT2D eigenvalue weighted by molar-refractivity contribution is -0.113. The number of hydrogen-bond acceptors (Lipinski definition) is 6. The van der Waals surface area contributed by atoms with Gasteiger partial charge in [0.2, 0.25) is 0 Å². The van der Waals surface area contributed by atoms with Crippen LogP contribution in [0.3, 0.4) is 0 Å². The summed E-state index contributed by atoms with van der Waals surface area (Å²) in [7, 11) is 0. The topological polar surface area (TPSA) is 68.9 Å². The third-order valence-electron chi connectivity index (χ3n) is 6.24. The lowest BCUT2D eigenvalue weighted by Crippen LogP contribution is -2.47. The summed E-state index contributed by atoms with van der Waals surface area (Å²) in [6.45, 7) is 8.39. The first-order chi connectivity index (χ1) is 18.0. The van der Waals surface area contributed by atoms with Crippen molar-refractivity contribution in [1.82, 2.24) is 14.7 Å². The quantitative estimate of drug-likeness (QED) is 0.292. The highest BCUT2D eigenvalue weighted by Crippen LogP contribution is 2.34. The van der Waals surface area contributed by atoms with Crippen molar-refractivity contribution < 1.29 is 14.3 Å². The van der Waals surface area contributed by atoms with Gasteiger partial charge in [-0.2, -0.15) is 10.1 Å². The van der Waals surface area contributed by atoms with Gasteiger partial charge in [0.15, 0.2) is 5.17 Å². The Bertz CT molecular complexity index is 1290. The van der Waals surface area contributed by atoms with Gasteiger partial charge in [-0.1, -0.05) is 31.5 Å². The van der Waals surface area contributed by atoms with Crippen molar-refractivity contribution in [1.29, 1.82) is 0 Å². The number of rotatable bonds is 7. The van der Waals surface area contributed by atoms with E-state index in [1.807, 2.05) is 85.4 Å². The third kappa shape index (κ3) is 5.97. The van der Waals surface area contributed by atoms with Crippen molar-refractivity contribution in [2.24, 2.45) is 4.99 Å². The summed E-state index contributed by atoms with van der Waals surface area (Å²) < 4.78 is 13.5. The number of benzene rings is 2. The normalized spacial score (nSPS) is 20.9. The Labute approximate surface area is 222 Å². The standard InChI is InChI=1S/C29H32N4O3S/c1-4-5-15-35-25-13-11-22(12-14-25)27-23(19-33(31-27)24-9-7-6-8-10-24)16-26-28(34)30-29(37-26)32-17-20(2)36-21(3)18-32/h6-14,16,19-21H,4-5,15,17-18H2,1-3H3/b26-16-/t20-,21-/m1/s1. The van der Waals surface area contributed by atoms with Crippen LogP contribution in [0.2, 0.25) is 0 Å². The Balaban J connectivity index is 1.44. The first kappa shape index (κ1) is 25.3. The second-order valence-corrected chi connectivity index (χ2v) is 10.4. The van der Waals surface area contributed by atoms with Gasteiger partial charge < -0.3 is 14.4 Å². The second-order valence-electron chi connectivity index (χ2n) is 9.41. The fourth-order valence-corrected chi connectivity index (χ4v) is 5.40. The van der Waals surface area contributed by atoms with Crippen LogP contribution in [-0.4, -0.2) is 57.7 Å². The minimum absolute atomic E-state index is 0.0970. The number of ether oxygens (including phenoxy) is 2. The molecule has 0 unspecified atom stereocenters. The second kappa shape index (κ2) is 11.4. The Morgan fingerprint density at radius 1 is 1.08 bits per heavy atom. The molecule has 1 amide bonds. The molecule has 2 aliphatic heterocycles. The van der Waals surface area contributed by atoms with Gasteiger partial charge in [-0.3, -0.25) is 4.79 Å². The fraction of sp³-hybridized carbons (Fsp3) is 0.345. The summed E-state index contributed by atoms with van der Waals surface area (Å²) in [4.78, 5) is 20.0. The van der Waals surface area contributed by atoms with E-state index in [1.54, 1.807) is 0 Å². The molecule has 0 radical (unpaired) electrons. The summed E-state index contributed by atoms with van der Waals surface area (Å²) in [5.74, 6) is 0.623. The molecule has 0 bridgehead atoms. The first-order valence-electron chi connectivity index (χ1n) is 12.8. The maximum absolute atomic E-state index is 12.9. The number of morpholine rings is 1. The molecule has 0 N–H and O–H groups in total. The van der Waals surface area contributed by atoms with Crippen molar-refractivity contribution >= 4 is 28.9 Å². The molecule has 1 fully saturated rings. The molecular formula is C29H32N4O3S. The van der Waals surface area contributed by atoms with Gasteiger partial charge in [-0.15, -0.1) is 0 Å². The highest BCUT2D eigenvalue weighted by Gasteiger charge is 2.31. The van der Waals surface area contributed by atoms with Crippen molar-refractivity contribution in [2.75, 3.05) is 19.7 Å². The van der Waals surface area contributed by atoms with E-state index >= 15 is 0 Å². The Kier molecular flexibility index (Phi) is 7.76. The van der Waals surface area contributed by atoms with Gasteiger partial charge >= 0.3 is 0 Å². The maximum atomic E-state index is 12.9. The zero-order valence-corrected chi connectivity index (χ0v) is 22.3. The molecular weight excluding hydrogens is 484 g/mol. The molecule has 0 saturated carbocycles. The molecule has 3 heterocycles. The third-order valence-corrected chi connectivity index (χ3v) is 7.29. The predicted molar refractivity (Wildman–Crippen MR) is 149 cm³/mol. The molecule has 8 heteroatoms. The summed E-state index contributed by atoms with van der Waals surface area (Å²) in [6, 6.07) is 17.9.